The van der Waals surface area contributed by atoms with E-state index in [0.29, 0.717) is 5.69 Å². The minimum absolute atomic E-state index is 0.0382. The van der Waals surface area contributed by atoms with Crippen molar-refractivity contribution in [3.05, 3.63) is 71.3 Å². The minimum Gasteiger partial charge on any atom is -0.480 e. The molecule has 0 saturated heterocycles. The number of nitrogens with one attached hydrogen (secondary N) is 1. The van der Waals surface area contributed by atoms with Gasteiger partial charge in [-0.2, -0.15) is 23.3 Å². The molecule has 0 unspecified atom stereocenters. The summed E-state index contributed by atoms with van der Waals surface area (Å²) in [7, 11) is 1.25. The number of carbonyl (C=O) groups is 2. The fourth-order valence-electron chi connectivity index (χ4n) is 3.42. The maximum absolute atomic E-state index is 13.4. The van der Waals surface area contributed by atoms with E-state index in [1.165, 1.54) is 44.6 Å². The first-order valence-corrected chi connectivity index (χ1v) is 10.4. The van der Waals surface area contributed by atoms with Crippen molar-refractivity contribution >= 4 is 23.5 Å². The first kappa shape index (κ1) is 25.1. The number of nitrogens with zero attached hydrogens (tertiary/aromatic N) is 5. The number of amides is 1. The summed E-state index contributed by atoms with van der Waals surface area (Å²) >= 11 is 0. The van der Waals surface area contributed by atoms with Crippen LogP contribution in [0.1, 0.15) is 32.1 Å². The Kier molecular flexibility index (Phi) is 6.49. The number of alkyl halides is 3. The second-order valence-electron chi connectivity index (χ2n) is 7.67. The molecule has 14 heteroatoms. The van der Waals surface area contributed by atoms with Gasteiger partial charge in [0, 0.05) is 40.5 Å². The van der Waals surface area contributed by atoms with Gasteiger partial charge in [0.2, 0.25) is 17.7 Å². The van der Waals surface area contributed by atoms with E-state index in [1.807, 2.05) is 0 Å². The molecule has 0 atom stereocenters. The van der Waals surface area contributed by atoms with Gasteiger partial charge in [0.1, 0.15) is 5.56 Å². The topological polar surface area (TPSA) is 158 Å². The third kappa shape index (κ3) is 5.17. The number of nitrogens with two attached hydrogens (primary N) is 1. The van der Waals surface area contributed by atoms with E-state index in [4.69, 9.17) is 10.5 Å². The van der Waals surface area contributed by atoms with Gasteiger partial charge in [0.25, 0.3) is 0 Å². The first-order valence-electron chi connectivity index (χ1n) is 10.4. The maximum atomic E-state index is 13.4. The number of carboxylic acids is 1. The van der Waals surface area contributed by atoms with Crippen molar-refractivity contribution in [1.29, 1.82) is 0 Å². The summed E-state index contributed by atoms with van der Waals surface area (Å²) in [6.07, 6.45) is -2.15. The lowest BCUT2D eigenvalue weighted by molar-refractivity contribution is -0.141. The molecule has 3 heterocycles. The van der Waals surface area contributed by atoms with Crippen molar-refractivity contribution in [2.45, 2.75) is 13.1 Å². The van der Waals surface area contributed by atoms with Gasteiger partial charge in [-0.05, 0) is 37.3 Å². The number of benzene rings is 1. The van der Waals surface area contributed by atoms with Gasteiger partial charge in [-0.25, -0.2) is 19.4 Å². The zero-order chi connectivity index (χ0) is 26.9. The van der Waals surface area contributed by atoms with Crippen LogP contribution >= 0.6 is 0 Å². The van der Waals surface area contributed by atoms with Gasteiger partial charge in [-0.3, -0.25) is 4.79 Å². The molecule has 0 fully saturated rings. The molecule has 4 N–H and O–H groups in total. The van der Waals surface area contributed by atoms with Crippen LogP contribution in [0.4, 0.5) is 24.8 Å². The van der Waals surface area contributed by atoms with Crippen molar-refractivity contribution < 1.29 is 32.6 Å². The van der Waals surface area contributed by atoms with Gasteiger partial charge >= 0.3 is 12.1 Å². The van der Waals surface area contributed by atoms with Gasteiger partial charge in [0.15, 0.2) is 11.5 Å². The Balaban J connectivity index is 1.88. The van der Waals surface area contributed by atoms with E-state index >= 15 is 0 Å². The fourth-order valence-corrected chi connectivity index (χ4v) is 3.42. The normalized spacial score (nSPS) is 11.3. The van der Waals surface area contributed by atoms with Crippen molar-refractivity contribution in [1.82, 2.24) is 24.7 Å². The highest BCUT2D eigenvalue weighted by Gasteiger charge is 2.35. The van der Waals surface area contributed by atoms with Crippen molar-refractivity contribution in [3.63, 3.8) is 0 Å². The molecule has 37 heavy (non-hydrogen) atoms. The van der Waals surface area contributed by atoms with Crippen LogP contribution in [0.3, 0.4) is 0 Å². The average molecular weight is 513 g/mol. The molecule has 190 valence electrons. The Bertz CT molecular complexity index is 1520. The van der Waals surface area contributed by atoms with Gasteiger partial charge in [0.05, 0.1) is 7.11 Å². The molecule has 1 amide bonds. The maximum Gasteiger partial charge on any atom is 0.435 e. The van der Waals surface area contributed by atoms with E-state index in [1.54, 1.807) is 12.1 Å². The molecule has 11 nitrogen and oxygen atoms in total. The Morgan fingerprint density at radius 1 is 1.14 bits per heavy atom. The second kappa shape index (κ2) is 9.56. The van der Waals surface area contributed by atoms with E-state index in [9.17, 15) is 27.9 Å². The number of halogens is 3. The number of primary amides is 1. The molecule has 1 aromatic carbocycles. The quantitative estimate of drug-likeness (QED) is 0.336. The van der Waals surface area contributed by atoms with Crippen LogP contribution in [0.2, 0.25) is 0 Å². The van der Waals surface area contributed by atoms with E-state index in [-0.39, 0.29) is 45.6 Å². The summed E-state index contributed by atoms with van der Waals surface area (Å²) in [4.78, 5) is 35.7. The molecule has 0 radical (unpaired) electrons. The molecule has 4 rings (SSSR count). The number of aromatic nitrogens is 5. The van der Waals surface area contributed by atoms with Crippen molar-refractivity contribution in [2.75, 3.05) is 12.4 Å². The van der Waals surface area contributed by atoms with Gasteiger partial charge < -0.3 is 20.9 Å². The third-order valence-corrected chi connectivity index (χ3v) is 5.14. The highest BCUT2D eigenvalue weighted by molar-refractivity contribution is 5.94. The molecule has 0 bridgehead atoms. The van der Waals surface area contributed by atoms with Crippen molar-refractivity contribution in [2.24, 2.45) is 5.73 Å². The zero-order valence-corrected chi connectivity index (χ0v) is 19.2. The fraction of sp³-hybridized carbons (Fsp3) is 0.130. The Morgan fingerprint density at radius 3 is 2.51 bits per heavy atom. The number of carboxylic acid groups (broad SMARTS) is 1. The zero-order valence-electron chi connectivity index (χ0n) is 19.2. The van der Waals surface area contributed by atoms with Crippen LogP contribution < -0.4 is 15.8 Å². The molecular formula is C23H18F3N7O4. The molecule has 0 aliphatic rings. The second-order valence-corrected chi connectivity index (χ2v) is 7.67. The lowest BCUT2D eigenvalue weighted by Crippen LogP contribution is -2.12. The average Bonchev–Trinajstić information content (AvgIpc) is 3.26. The minimum atomic E-state index is -4.71. The SMILES string of the molecule is COc1ncc(-c2cnc(Nc3cccc(C(N)=O)c3)nc2-n2nc(C(F)(F)F)cc2C)cc1C(=O)O. The van der Waals surface area contributed by atoms with Crippen LogP contribution in [0.25, 0.3) is 16.9 Å². The Morgan fingerprint density at radius 2 is 1.89 bits per heavy atom. The number of hydrogen-bond donors (Lipinski definition) is 3. The highest BCUT2D eigenvalue weighted by atomic mass is 19.4. The van der Waals surface area contributed by atoms with Crippen LogP contribution in [0.15, 0.2) is 48.8 Å². The summed E-state index contributed by atoms with van der Waals surface area (Å²) in [5.74, 6) is -2.26. The van der Waals surface area contributed by atoms with Gasteiger partial charge in [-0.1, -0.05) is 6.07 Å². The Hall–Kier alpha value is -5.01. The number of aryl methyl sites for hydroxylation is 1. The standard InChI is InChI=1S/C23H18F3N7O4/c1-11-6-17(23(24,25)26)32-33(11)19-16(13-8-15(21(35)36)20(37-2)28-9-13)10-29-22(31-19)30-14-5-3-4-12(7-14)18(27)34/h3-10H,1-2H3,(H2,27,34)(H,35,36)(H,29,30,31). The van der Waals surface area contributed by atoms with E-state index < -0.39 is 23.7 Å². The van der Waals surface area contributed by atoms with E-state index in [2.05, 4.69) is 25.4 Å². The predicted molar refractivity (Wildman–Crippen MR) is 124 cm³/mol. The number of anilines is 2. The van der Waals surface area contributed by atoms with E-state index in [0.717, 1.165) is 10.7 Å². The highest BCUT2D eigenvalue weighted by Crippen LogP contribution is 2.33. The summed E-state index contributed by atoms with van der Waals surface area (Å²) in [5.41, 5.74) is 4.95. The van der Waals surface area contributed by atoms with Crippen LogP contribution in [-0.2, 0) is 6.18 Å². The molecule has 0 aliphatic heterocycles. The number of pyridine rings is 1. The number of carbonyl (C=O) groups excluding carboxylic acids is 1. The smallest absolute Gasteiger partial charge is 0.435 e. The summed E-state index contributed by atoms with van der Waals surface area (Å²) in [6, 6.07) is 8.23. The number of methoxy groups -OCH3 is 1. The number of aromatic carboxylic acids is 1. The molecule has 3 aromatic heterocycles. The number of hydrogen-bond acceptors (Lipinski definition) is 8. The molecule has 0 saturated carbocycles. The Labute approximate surface area is 206 Å². The molecule has 4 aromatic rings. The van der Waals surface area contributed by atoms with Crippen molar-refractivity contribution in [3.8, 4) is 22.8 Å². The summed E-state index contributed by atoms with van der Waals surface area (Å²) < 4.78 is 46.0. The van der Waals surface area contributed by atoms with Crippen LogP contribution in [0, 0.1) is 6.92 Å². The summed E-state index contributed by atoms with van der Waals surface area (Å²) in [6.45, 7) is 1.41. The predicted octanol–water partition coefficient (Wildman–Crippen LogP) is 3.60. The molecular weight excluding hydrogens is 495 g/mol. The first-order chi connectivity index (χ1) is 17.5. The van der Waals surface area contributed by atoms with Gasteiger partial charge in [-0.15, -0.1) is 0 Å². The largest absolute Gasteiger partial charge is 0.480 e. The summed E-state index contributed by atoms with van der Waals surface area (Å²) in [5, 5.41) is 16.1. The lowest BCUT2D eigenvalue weighted by Gasteiger charge is -2.14. The monoisotopic (exact) mass is 513 g/mol. The molecule has 0 aliphatic carbocycles. The number of rotatable bonds is 7. The lowest BCUT2D eigenvalue weighted by atomic mass is 10.1. The molecule has 0 spiro atoms. The van der Waals surface area contributed by atoms with Crippen LogP contribution in [-0.4, -0.2) is 48.8 Å². The third-order valence-electron chi connectivity index (χ3n) is 5.14. The number of ether oxygens (including phenoxy) is 1. The van der Waals surface area contributed by atoms with Crippen LogP contribution in [0.5, 0.6) is 5.88 Å².